The van der Waals surface area contributed by atoms with E-state index in [1.165, 1.54) is 11.8 Å². The lowest BCUT2D eigenvalue weighted by atomic mass is 10.2. The zero-order valence-electron chi connectivity index (χ0n) is 9.77. The first kappa shape index (κ1) is 11.8. The van der Waals surface area contributed by atoms with Crippen LogP contribution in [0.4, 0.5) is 0 Å². The molecule has 2 aromatic heterocycles. The van der Waals surface area contributed by atoms with Gasteiger partial charge in [0, 0.05) is 5.75 Å². The number of thioether (sulfide) groups is 1. The summed E-state index contributed by atoms with van der Waals surface area (Å²) in [6.07, 6.45) is 0. The standard InChI is InChI=1S/C12H10N4O2S/c17-10-8-9(11(18)16-15-10)14-12(13-8)19-6-7-4-2-1-3-5-7/h1-5H,6H2,(H,13,14)(H,15,17)(H,16,18). The fourth-order valence-corrected chi connectivity index (χ4v) is 2.54. The van der Waals surface area contributed by atoms with Crippen LogP contribution in [-0.2, 0) is 5.75 Å². The number of fused-ring (bicyclic) bond motifs is 1. The number of aromatic amines is 3. The van der Waals surface area contributed by atoms with Crippen LogP contribution in [0.3, 0.4) is 0 Å². The number of H-pyrrole nitrogens is 3. The Morgan fingerprint density at radius 3 is 2.53 bits per heavy atom. The molecule has 7 heteroatoms. The summed E-state index contributed by atoms with van der Waals surface area (Å²) in [6, 6.07) is 9.90. The van der Waals surface area contributed by atoms with E-state index in [1.807, 2.05) is 30.3 Å². The summed E-state index contributed by atoms with van der Waals surface area (Å²) in [4.78, 5) is 30.0. The number of rotatable bonds is 3. The number of hydrogen-bond donors (Lipinski definition) is 3. The van der Waals surface area contributed by atoms with E-state index in [-0.39, 0.29) is 16.6 Å². The van der Waals surface area contributed by atoms with E-state index in [1.54, 1.807) is 0 Å². The van der Waals surface area contributed by atoms with E-state index in [0.29, 0.717) is 5.16 Å². The molecule has 0 aliphatic rings. The van der Waals surface area contributed by atoms with Crippen LogP contribution >= 0.6 is 11.8 Å². The number of hydrogen-bond acceptors (Lipinski definition) is 4. The maximum atomic E-state index is 11.5. The van der Waals surface area contributed by atoms with Crippen molar-refractivity contribution in [1.29, 1.82) is 0 Å². The quantitative estimate of drug-likeness (QED) is 0.626. The summed E-state index contributed by atoms with van der Waals surface area (Å²) >= 11 is 1.44. The van der Waals surface area contributed by atoms with Gasteiger partial charge in [0.15, 0.2) is 10.7 Å². The number of imidazole rings is 1. The molecule has 0 bridgehead atoms. The van der Waals surface area contributed by atoms with Gasteiger partial charge in [-0.25, -0.2) is 4.98 Å². The van der Waals surface area contributed by atoms with Crippen LogP contribution in [-0.4, -0.2) is 20.2 Å². The van der Waals surface area contributed by atoms with E-state index >= 15 is 0 Å². The molecule has 0 atom stereocenters. The van der Waals surface area contributed by atoms with E-state index in [0.717, 1.165) is 11.3 Å². The summed E-state index contributed by atoms with van der Waals surface area (Å²) in [5.74, 6) is 0.719. The highest BCUT2D eigenvalue weighted by molar-refractivity contribution is 7.98. The van der Waals surface area contributed by atoms with Crippen molar-refractivity contribution < 1.29 is 0 Å². The van der Waals surface area contributed by atoms with Gasteiger partial charge in [-0.2, -0.15) is 0 Å². The number of nitrogens with zero attached hydrogens (tertiary/aromatic N) is 1. The Hall–Kier alpha value is -2.28. The minimum Gasteiger partial charge on any atom is -0.328 e. The number of benzene rings is 1. The second-order valence-corrected chi connectivity index (χ2v) is 4.91. The molecule has 0 spiro atoms. The van der Waals surface area contributed by atoms with Crippen molar-refractivity contribution in [3.05, 3.63) is 56.6 Å². The molecule has 0 unspecified atom stereocenters. The van der Waals surface area contributed by atoms with Crippen LogP contribution in [0.5, 0.6) is 0 Å². The summed E-state index contributed by atoms with van der Waals surface area (Å²) in [5.41, 5.74) is 0.709. The van der Waals surface area contributed by atoms with Gasteiger partial charge in [-0.15, -0.1) is 0 Å². The van der Waals surface area contributed by atoms with Gasteiger partial charge in [0.25, 0.3) is 11.1 Å². The Morgan fingerprint density at radius 1 is 1.05 bits per heavy atom. The van der Waals surface area contributed by atoms with Crippen molar-refractivity contribution in [2.75, 3.05) is 0 Å². The van der Waals surface area contributed by atoms with E-state index in [4.69, 9.17) is 0 Å². The summed E-state index contributed by atoms with van der Waals surface area (Å²) in [6.45, 7) is 0. The highest BCUT2D eigenvalue weighted by Gasteiger charge is 2.09. The third kappa shape index (κ3) is 2.32. The summed E-state index contributed by atoms with van der Waals surface area (Å²) in [5, 5.41) is 5.06. The Bertz CT molecular complexity index is 772. The average Bonchev–Trinajstić information content (AvgIpc) is 2.87. The largest absolute Gasteiger partial charge is 0.328 e. The molecule has 96 valence electrons. The van der Waals surface area contributed by atoms with Gasteiger partial charge >= 0.3 is 0 Å². The summed E-state index contributed by atoms with van der Waals surface area (Å²) in [7, 11) is 0. The van der Waals surface area contributed by atoms with Crippen molar-refractivity contribution in [3.8, 4) is 0 Å². The van der Waals surface area contributed by atoms with Crippen molar-refractivity contribution in [2.45, 2.75) is 10.9 Å². The number of nitrogens with one attached hydrogen (secondary N) is 3. The third-order valence-electron chi connectivity index (χ3n) is 2.63. The van der Waals surface area contributed by atoms with E-state index in [2.05, 4.69) is 20.2 Å². The molecule has 0 saturated carbocycles. The van der Waals surface area contributed by atoms with Crippen LogP contribution in [0.25, 0.3) is 11.0 Å². The molecule has 0 radical (unpaired) electrons. The minimum atomic E-state index is -0.405. The molecule has 3 aromatic rings. The maximum Gasteiger partial charge on any atom is 0.290 e. The Morgan fingerprint density at radius 2 is 1.79 bits per heavy atom. The molecule has 6 nitrogen and oxygen atoms in total. The second-order valence-electron chi connectivity index (χ2n) is 3.95. The van der Waals surface area contributed by atoms with E-state index < -0.39 is 5.56 Å². The molecule has 3 N–H and O–H groups in total. The van der Waals surface area contributed by atoms with Crippen LogP contribution in [0.1, 0.15) is 5.56 Å². The van der Waals surface area contributed by atoms with Gasteiger partial charge in [0.2, 0.25) is 0 Å². The molecule has 2 heterocycles. The van der Waals surface area contributed by atoms with Crippen molar-refractivity contribution in [3.63, 3.8) is 0 Å². The SMILES string of the molecule is O=c1[nH][nH]c(=O)c2[nH]c(SCc3ccccc3)nc12. The molecular formula is C12H10N4O2S. The first-order valence-corrected chi connectivity index (χ1v) is 6.60. The van der Waals surface area contributed by atoms with Gasteiger partial charge in [0.05, 0.1) is 0 Å². The Kier molecular flexibility index (Phi) is 2.96. The Balaban J connectivity index is 1.90. The zero-order chi connectivity index (χ0) is 13.2. The Labute approximate surface area is 111 Å². The predicted molar refractivity (Wildman–Crippen MR) is 73.3 cm³/mol. The van der Waals surface area contributed by atoms with Crippen LogP contribution in [0, 0.1) is 0 Å². The van der Waals surface area contributed by atoms with Crippen molar-refractivity contribution in [2.24, 2.45) is 0 Å². The van der Waals surface area contributed by atoms with Gasteiger partial charge in [0.1, 0.15) is 5.52 Å². The molecule has 0 fully saturated rings. The number of aromatic nitrogens is 4. The van der Waals surface area contributed by atoms with Crippen LogP contribution in [0.15, 0.2) is 45.1 Å². The normalized spacial score (nSPS) is 10.9. The highest BCUT2D eigenvalue weighted by Crippen LogP contribution is 2.20. The van der Waals surface area contributed by atoms with E-state index in [9.17, 15) is 9.59 Å². The van der Waals surface area contributed by atoms with Gasteiger partial charge in [-0.05, 0) is 5.56 Å². The minimum absolute atomic E-state index is 0.138. The maximum absolute atomic E-state index is 11.5. The third-order valence-corrected chi connectivity index (χ3v) is 3.58. The fourth-order valence-electron chi connectivity index (χ4n) is 1.71. The first-order valence-electron chi connectivity index (χ1n) is 5.61. The predicted octanol–water partition coefficient (Wildman–Crippen LogP) is 1.23. The smallest absolute Gasteiger partial charge is 0.290 e. The molecule has 19 heavy (non-hydrogen) atoms. The highest BCUT2D eigenvalue weighted by atomic mass is 32.2. The lowest BCUT2D eigenvalue weighted by Gasteiger charge is -1.97. The first-order chi connectivity index (χ1) is 9.24. The van der Waals surface area contributed by atoms with Gasteiger partial charge in [-0.1, -0.05) is 42.1 Å². The second kappa shape index (κ2) is 4.77. The average molecular weight is 274 g/mol. The molecule has 0 amide bonds. The monoisotopic (exact) mass is 274 g/mol. The van der Waals surface area contributed by atoms with Gasteiger partial charge in [-0.3, -0.25) is 19.8 Å². The molecule has 0 aliphatic carbocycles. The zero-order valence-corrected chi connectivity index (χ0v) is 10.6. The van der Waals surface area contributed by atoms with Crippen molar-refractivity contribution >= 4 is 22.8 Å². The van der Waals surface area contributed by atoms with Gasteiger partial charge < -0.3 is 4.98 Å². The van der Waals surface area contributed by atoms with Crippen LogP contribution < -0.4 is 11.1 Å². The summed E-state index contributed by atoms with van der Waals surface area (Å²) < 4.78 is 0. The van der Waals surface area contributed by atoms with Crippen molar-refractivity contribution in [1.82, 2.24) is 20.2 Å². The fraction of sp³-hybridized carbons (Fsp3) is 0.0833. The topological polar surface area (TPSA) is 94.4 Å². The molecule has 3 rings (SSSR count). The lowest BCUT2D eigenvalue weighted by molar-refractivity contribution is 0.971. The molecule has 0 aliphatic heterocycles. The van der Waals surface area contributed by atoms with Crippen LogP contribution in [0.2, 0.25) is 0 Å². The molecule has 0 saturated heterocycles. The molecular weight excluding hydrogens is 264 g/mol. The lowest BCUT2D eigenvalue weighted by Crippen LogP contribution is -2.18. The molecule has 1 aromatic carbocycles.